The van der Waals surface area contributed by atoms with Crippen LogP contribution in [-0.4, -0.2) is 32.7 Å². The van der Waals surface area contributed by atoms with Crippen molar-refractivity contribution in [1.29, 1.82) is 0 Å². The summed E-state index contributed by atoms with van der Waals surface area (Å²) in [6, 6.07) is 4.08. The predicted molar refractivity (Wildman–Crippen MR) is 71.7 cm³/mol. The molecule has 1 rings (SSSR count). The van der Waals surface area contributed by atoms with Gasteiger partial charge in [0.2, 0.25) is 0 Å². The van der Waals surface area contributed by atoms with Gasteiger partial charge < -0.3 is 15.3 Å². The molecule has 6 heteroatoms. The fourth-order valence-electron chi connectivity index (χ4n) is 1.68. The van der Waals surface area contributed by atoms with Crippen molar-refractivity contribution in [1.82, 2.24) is 0 Å². The third-order valence-corrected chi connectivity index (χ3v) is 3.25. The minimum Gasteiger partial charge on any atom is -0.481 e. The number of aliphatic hydroxyl groups excluding tert-OH is 2. The summed E-state index contributed by atoms with van der Waals surface area (Å²) < 4.78 is 13.7. The van der Waals surface area contributed by atoms with Crippen LogP contribution in [0.5, 0.6) is 0 Å². The molecular formula is C13H16BrFO4. The Hall–Kier alpha value is -0.980. The summed E-state index contributed by atoms with van der Waals surface area (Å²) in [6.45, 7) is 0. The molecule has 0 aliphatic rings. The Bertz CT molecular complexity index is 439. The lowest BCUT2D eigenvalue weighted by Crippen LogP contribution is -2.18. The molecule has 2 unspecified atom stereocenters. The Balaban J connectivity index is 2.78. The van der Waals surface area contributed by atoms with E-state index in [1.165, 1.54) is 12.1 Å². The number of carboxylic acid groups (broad SMARTS) is 1. The molecule has 0 aliphatic heterocycles. The fourth-order valence-corrected chi connectivity index (χ4v) is 2.15. The maximum Gasteiger partial charge on any atom is 0.303 e. The first-order valence-electron chi connectivity index (χ1n) is 5.88. The molecule has 0 aromatic heterocycles. The molecule has 4 nitrogen and oxygen atoms in total. The average molecular weight is 335 g/mol. The van der Waals surface area contributed by atoms with Crippen LogP contribution in [0.3, 0.4) is 0 Å². The van der Waals surface area contributed by atoms with Crippen LogP contribution in [0.4, 0.5) is 4.39 Å². The molecule has 19 heavy (non-hydrogen) atoms. The van der Waals surface area contributed by atoms with Crippen molar-refractivity contribution >= 4 is 21.9 Å². The van der Waals surface area contributed by atoms with Gasteiger partial charge in [0.25, 0.3) is 0 Å². The van der Waals surface area contributed by atoms with E-state index in [9.17, 15) is 19.4 Å². The van der Waals surface area contributed by atoms with E-state index >= 15 is 0 Å². The van der Waals surface area contributed by atoms with Gasteiger partial charge >= 0.3 is 5.97 Å². The van der Waals surface area contributed by atoms with Crippen molar-refractivity contribution in [3.63, 3.8) is 0 Å². The van der Waals surface area contributed by atoms with Crippen LogP contribution in [0.1, 0.15) is 30.1 Å². The molecule has 1 aromatic carbocycles. The zero-order valence-corrected chi connectivity index (χ0v) is 11.8. The molecular weight excluding hydrogens is 319 g/mol. The van der Waals surface area contributed by atoms with Crippen molar-refractivity contribution in [3.05, 3.63) is 35.1 Å². The quantitative estimate of drug-likeness (QED) is 0.666. The van der Waals surface area contributed by atoms with Crippen LogP contribution in [-0.2, 0) is 11.2 Å². The van der Waals surface area contributed by atoms with Gasteiger partial charge in [-0.3, -0.25) is 4.79 Å². The number of aliphatic carboxylic acids is 1. The van der Waals surface area contributed by atoms with E-state index in [1.54, 1.807) is 0 Å². The summed E-state index contributed by atoms with van der Waals surface area (Å²) in [7, 11) is 0. The van der Waals surface area contributed by atoms with Gasteiger partial charge in [-0.2, -0.15) is 0 Å². The topological polar surface area (TPSA) is 77.8 Å². The highest BCUT2D eigenvalue weighted by Crippen LogP contribution is 2.22. The molecule has 0 saturated carbocycles. The van der Waals surface area contributed by atoms with Crippen LogP contribution < -0.4 is 0 Å². The van der Waals surface area contributed by atoms with E-state index in [2.05, 4.69) is 15.9 Å². The summed E-state index contributed by atoms with van der Waals surface area (Å²) in [5, 5.41) is 28.5. The first kappa shape index (κ1) is 16.1. The van der Waals surface area contributed by atoms with Crippen molar-refractivity contribution in [2.24, 2.45) is 0 Å². The molecule has 0 saturated heterocycles. The van der Waals surface area contributed by atoms with E-state index < -0.39 is 24.0 Å². The van der Waals surface area contributed by atoms with Gasteiger partial charge in [0.1, 0.15) is 11.9 Å². The fraction of sp³-hybridized carbons (Fsp3) is 0.462. The molecule has 0 amide bonds. The second-order valence-corrected chi connectivity index (χ2v) is 5.03. The van der Waals surface area contributed by atoms with Crippen LogP contribution >= 0.6 is 15.9 Å². The van der Waals surface area contributed by atoms with Crippen LogP contribution in [0.2, 0.25) is 0 Å². The normalized spacial score (nSPS) is 14.1. The first-order valence-corrected chi connectivity index (χ1v) is 7.00. The first-order chi connectivity index (χ1) is 8.95. The largest absolute Gasteiger partial charge is 0.481 e. The molecule has 0 bridgehead atoms. The molecule has 0 fully saturated rings. The molecule has 0 aliphatic carbocycles. The number of alkyl halides is 1. The highest BCUT2D eigenvalue weighted by atomic mass is 79.9. The second-order valence-electron chi connectivity index (χ2n) is 4.23. The van der Waals surface area contributed by atoms with Gasteiger partial charge in [0.05, 0.1) is 6.10 Å². The van der Waals surface area contributed by atoms with Crippen LogP contribution in [0.15, 0.2) is 18.2 Å². The summed E-state index contributed by atoms with van der Waals surface area (Å²) >= 11 is 3.15. The highest BCUT2D eigenvalue weighted by Gasteiger charge is 2.19. The number of hydrogen-bond acceptors (Lipinski definition) is 3. The monoisotopic (exact) mass is 334 g/mol. The van der Waals surface area contributed by atoms with E-state index in [0.717, 1.165) is 6.07 Å². The third kappa shape index (κ3) is 4.89. The molecule has 1 aromatic rings. The van der Waals surface area contributed by atoms with Gasteiger partial charge in [0, 0.05) is 11.8 Å². The lowest BCUT2D eigenvalue weighted by Gasteiger charge is -2.17. The van der Waals surface area contributed by atoms with Gasteiger partial charge in [-0.1, -0.05) is 28.1 Å². The standard InChI is InChI=1S/C13H16BrFO4/c14-6-5-11(16)13(19)9-2-1-8(10(15)7-9)3-4-12(17)18/h1-2,7,11,13,16,19H,3-6H2,(H,17,18). The van der Waals surface area contributed by atoms with E-state index in [4.69, 9.17) is 5.11 Å². The Labute approximate surface area is 119 Å². The maximum absolute atomic E-state index is 13.7. The summed E-state index contributed by atoms with van der Waals surface area (Å²) in [4.78, 5) is 10.4. The summed E-state index contributed by atoms with van der Waals surface area (Å²) in [5.74, 6) is -1.56. The average Bonchev–Trinajstić information content (AvgIpc) is 2.36. The Morgan fingerprint density at radius 3 is 2.58 bits per heavy atom. The highest BCUT2D eigenvalue weighted by molar-refractivity contribution is 9.09. The molecule has 0 heterocycles. The predicted octanol–water partition coefficient (Wildman–Crippen LogP) is 2.02. The number of aryl methyl sites for hydroxylation is 1. The number of carboxylic acids is 1. The Kier molecular flexibility index (Phi) is 6.41. The molecule has 2 atom stereocenters. The molecule has 106 valence electrons. The molecule has 3 N–H and O–H groups in total. The number of hydrogen-bond donors (Lipinski definition) is 3. The number of benzene rings is 1. The minimum absolute atomic E-state index is 0.0987. The zero-order valence-electron chi connectivity index (χ0n) is 10.2. The number of aliphatic hydroxyl groups is 2. The summed E-state index contributed by atoms with van der Waals surface area (Å²) in [6.07, 6.45) is -1.82. The van der Waals surface area contributed by atoms with E-state index in [1.807, 2.05) is 0 Å². The molecule has 0 radical (unpaired) electrons. The van der Waals surface area contributed by atoms with Gasteiger partial charge in [-0.25, -0.2) is 4.39 Å². The van der Waals surface area contributed by atoms with Gasteiger partial charge in [-0.05, 0) is 30.0 Å². The number of carbonyl (C=O) groups is 1. The Morgan fingerprint density at radius 1 is 1.37 bits per heavy atom. The molecule has 0 spiro atoms. The van der Waals surface area contributed by atoms with Crippen LogP contribution in [0, 0.1) is 5.82 Å². The Morgan fingerprint density at radius 2 is 2.05 bits per heavy atom. The smallest absolute Gasteiger partial charge is 0.303 e. The minimum atomic E-state index is -1.15. The van der Waals surface area contributed by atoms with Crippen molar-refractivity contribution < 1.29 is 24.5 Å². The van der Waals surface area contributed by atoms with Crippen molar-refractivity contribution in [2.75, 3.05) is 5.33 Å². The lowest BCUT2D eigenvalue weighted by atomic mass is 9.99. The zero-order chi connectivity index (χ0) is 14.4. The van der Waals surface area contributed by atoms with Gasteiger partial charge in [0.15, 0.2) is 0 Å². The number of halogens is 2. The summed E-state index contributed by atoms with van der Waals surface area (Å²) in [5.41, 5.74) is 0.568. The third-order valence-electron chi connectivity index (χ3n) is 2.80. The SMILES string of the molecule is O=C(O)CCc1ccc(C(O)C(O)CCBr)cc1F. The lowest BCUT2D eigenvalue weighted by molar-refractivity contribution is -0.136. The van der Waals surface area contributed by atoms with E-state index in [-0.39, 0.29) is 24.0 Å². The van der Waals surface area contributed by atoms with E-state index in [0.29, 0.717) is 11.8 Å². The number of rotatable bonds is 7. The van der Waals surface area contributed by atoms with Crippen LogP contribution in [0.25, 0.3) is 0 Å². The van der Waals surface area contributed by atoms with Gasteiger partial charge in [-0.15, -0.1) is 0 Å². The second kappa shape index (κ2) is 7.57. The van der Waals surface area contributed by atoms with Crippen molar-refractivity contribution in [3.8, 4) is 0 Å². The van der Waals surface area contributed by atoms with Crippen molar-refractivity contribution in [2.45, 2.75) is 31.5 Å². The maximum atomic E-state index is 13.7.